The van der Waals surface area contributed by atoms with Gasteiger partial charge in [0.15, 0.2) is 0 Å². The van der Waals surface area contributed by atoms with E-state index in [0.717, 1.165) is 19.0 Å². The minimum absolute atomic E-state index is 0.0496. The molecule has 0 bridgehead atoms. The largest absolute Gasteiger partial charge is 0.480 e. The average molecular weight is 279 g/mol. The van der Waals surface area contributed by atoms with Crippen molar-refractivity contribution in [2.75, 3.05) is 6.54 Å². The van der Waals surface area contributed by atoms with Gasteiger partial charge in [0.05, 0.1) is 6.20 Å². The number of H-pyrrole nitrogens is 1. The van der Waals surface area contributed by atoms with Gasteiger partial charge in [-0.3, -0.25) is 9.59 Å². The number of carbonyl (C=O) groups is 2. The number of nitrogens with zero attached hydrogens (tertiary/aromatic N) is 2. The van der Waals surface area contributed by atoms with Crippen LogP contribution in [0.15, 0.2) is 17.2 Å². The molecule has 1 aliphatic heterocycles. The second-order valence-electron chi connectivity index (χ2n) is 5.63. The van der Waals surface area contributed by atoms with Gasteiger partial charge in [0.2, 0.25) is 0 Å². The van der Waals surface area contributed by atoms with E-state index in [9.17, 15) is 19.5 Å². The number of hydrogen-bond acceptors (Lipinski definition) is 4. The maximum absolute atomic E-state index is 12.4. The Morgan fingerprint density at radius 3 is 2.75 bits per heavy atom. The number of carbonyl (C=O) groups excluding carboxylic acids is 1. The first kappa shape index (κ1) is 14.2. The molecular formula is C13H17N3O4. The summed E-state index contributed by atoms with van der Waals surface area (Å²) in [6.07, 6.45) is 3.71. The molecule has 7 nitrogen and oxygen atoms in total. The van der Waals surface area contributed by atoms with Gasteiger partial charge in [-0.2, -0.15) is 0 Å². The van der Waals surface area contributed by atoms with Gasteiger partial charge in [-0.1, -0.05) is 13.8 Å². The maximum Gasteiger partial charge on any atom is 0.326 e. The molecule has 7 heteroatoms. The Morgan fingerprint density at radius 2 is 2.20 bits per heavy atom. The molecule has 108 valence electrons. The van der Waals surface area contributed by atoms with Crippen LogP contribution < -0.4 is 5.56 Å². The van der Waals surface area contributed by atoms with Gasteiger partial charge in [-0.05, 0) is 18.3 Å². The molecule has 1 atom stereocenters. The summed E-state index contributed by atoms with van der Waals surface area (Å²) in [5, 5.41) is 9.41. The summed E-state index contributed by atoms with van der Waals surface area (Å²) in [5.74, 6) is -1.49. The minimum atomic E-state index is -1.02. The van der Waals surface area contributed by atoms with E-state index in [0.29, 0.717) is 6.54 Å². The zero-order chi connectivity index (χ0) is 14.9. The van der Waals surface area contributed by atoms with E-state index in [4.69, 9.17) is 0 Å². The highest BCUT2D eigenvalue weighted by Crippen LogP contribution is 2.35. The number of amides is 1. The van der Waals surface area contributed by atoms with E-state index in [1.807, 2.05) is 13.8 Å². The molecule has 0 spiro atoms. The lowest BCUT2D eigenvalue weighted by molar-refractivity contribution is -0.148. The van der Waals surface area contributed by atoms with Gasteiger partial charge < -0.3 is 15.0 Å². The van der Waals surface area contributed by atoms with Gasteiger partial charge in [-0.25, -0.2) is 9.78 Å². The van der Waals surface area contributed by atoms with Gasteiger partial charge in [0.1, 0.15) is 11.7 Å². The van der Waals surface area contributed by atoms with Crippen LogP contribution in [0.4, 0.5) is 0 Å². The predicted molar refractivity (Wildman–Crippen MR) is 70.3 cm³/mol. The molecule has 0 saturated carbocycles. The van der Waals surface area contributed by atoms with Crippen LogP contribution in [0.25, 0.3) is 0 Å². The molecule has 1 unspecified atom stereocenters. The van der Waals surface area contributed by atoms with Crippen molar-refractivity contribution in [2.45, 2.75) is 32.7 Å². The first-order valence-electron chi connectivity index (χ1n) is 6.41. The first-order valence-corrected chi connectivity index (χ1v) is 6.41. The fourth-order valence-corrected chi connectivity index (χ4v) is 2.69. The van der Waals surface area contributed by atoms with E-state index < -0.39 is 28.9 Å². The third kappa shape index (κ3) is 2.56. The van der Waals surface area contributed by atoms with Crippen LogP contribution in [0.1, 0.15) is 37.2 Å². The minimum Gasteiger partial charge on any atom is -0.480 e. The molecule has 1 aliphatic rings. The number of carboxylic acids is 1. The van der Waals surface area contributed by atoms with Crippen molar-refractivity contribution in [1.82, 2.24) is 14.9 Å². The molecule has 1 saturated heterocycles. The van der Waals surface area contributed by atoms with Crippen molar-refractivity contribution in [3.63, 3.8) is 0 Å². The molecule has 1 aromatic rings. The number of aliphatic carboxylic acids is 1. The van der Waals surface area contributed by atoms with Crippen molar-refractivity contribution in [3.8, 4) is 0 Å². The number of nitrogens with one attached hydrogen (secondary N) is 1. The van der Waals surface area contributed by atoms with Crippen LogP contribution in [0.5, 0.6) is 0 Å². The van der Waals surface area contributed by atoms with E-state index in [2.05, 4.69) is 9.97 Å². The summed E-state index contributed by atoms with van der Waals surface area (Å²) in [7, 11) is 0. The van der Waals surface area contributed by atoms with Gasteiger partial charge in [0, 0.05) is 12.7 Å². The third-order valence-corrected chi connectivity index (χ3v) is 3.66. The van der Waals surface area contributed by atoms with Crippen LogP contribution in [-0.4, -0.2) is 44.4 Å². The average Bonchev–Trinajstić information content (AvgIpc) is 2.36. The highest BCUT2D eigenvalue weighted by Gasteiger charge is 2.44. The maximum atomic E-state index is 12.4. The lowest BCUT2D eigenvalue weighted by Crippen LogP contribution is -2.56. The SMILES string of the molecule is CC1(C)CCCN(C(=O)c2c[nH]c(=O)cn2)C1C(=O)O. The van der Waals surface area contributed by atoms with E-state index in [-0.39, 0.29) is 5.69 Å². The Labute approximate surface area is 115 Å². The standard InChI is InChI=1S/C13H17N3O4/c1-13(2)4-3-5-16(10(13)12(19)20)11(18)8-6-15-9(17)7-14-8/h6-7,10H,3-5H2,1-2H3,(H,15,17)(H,19,20). The van der Waals surface area contributed by atoms with Gasteiger partial charge in [0.25, 0.3) is 11.5 Å². The number of likely N-dealkylation sites (tertiary alicyclic amines) is 1. The molecule has 20 heavy (non-hydrogen) atoms. The van der Waals surface area contributed by atoms with Crippen LogP contribution in [0.3, 0.4) is 0 Å². The molecular weight excluding hydrogens is 262 g/mol. The molecule has 0 radical (unpaired) electrons. The number of rotatable bonds is 2. The number of aromatic nitrogens is 2. The summed E-state index contributed by atoms with van der Waals surface area (Å²) >= 11 is 0. The van der Waals surface area contributed by atoms with Gasteiger partial charge >= 0.3 is 5.97 Å². The highest BCUT2D eigenvalue weighted by atomic mass is 16.4. The predicted octanol–water partition coefficient (Wildman–Crippen LogP) is 0.485. The molecule has 1 amide bonds. The van der Waals surface area contributed by atoms with E-state index in [1.54, 1.807) is 0 Å². The van der Waals surface area contributed by atoms with Gasteiger partial charge in [-0.15, -0.1) is 0 Å². The number of aromatic amines is 1. The van der Waals surface area contributed by atoms with Crippen LogP contribution in [0.2, 0.25) is 0 Å². The van der Waals surface area contributed by atoms with Crippen LogP contribution in [-0.2, 0) is 4.79 Å². The van der Waals surface area contributed by atoms with Crippen LogP contribution in [0, 0.1) is 5.41 Å². The molecule has 2 rings (SSSR count). The van der Waals surface area contributed by atoms with Crippen molar-refractivity contribution < 1.29 is 14.7 Å². The monoisotopic (exact) mass is 279 g/mol. The Morgan fingerprint density at radius 1 is 1.50 bits per heavy atom. The zero-order valence-corrected chi connectivity index (χ0v) is 11.4. The van der Waals surface area contributed by atoms with Crippen LogP contribution >= 0.6 is 0 Å². The van der Waals surface area contributed by atoms with E-state index in [1.165, 1.54) is 11.1 Å². The molecule has 1 aromatic heterocycles. The Kier molecular flexibility index (Phi) is 3.61. The second-order valence-corrected chi connectivity index (χ2v) is 5.63. The fraction of sp³-hybridized carbons (Fsp3) is 0.538. The summed E-state index contributed by atoms with van der Waals surface area (Å²) in [5.41, 5.74) is -0.856. The Hall–Kier alpha value is -2.18. The zero-order valence-electron chi connectivity index (χ0n) is 11.4. The lowest BCUT2D eigenvalue weighted by atomic mass is 9.76. The number of piperidine rings is 1. The highest BCUT2D eigenvalue weighted by molar-refractivity contribution is 5.95. The second kappa shape index (κ2) is 5.07. The summed E-state index contributed by atoms with van der Waals surface area (Å²) in [4.78, 5) is 42.3. The first-order chi connectivity index (χ1) is 9.33. The quantitative estimate of drug-likeness (QED) is 0.819. The lowest BCUT2D eigenvalue weighted by Gasteiger charge is -2.43. The molecule has 1 fully saturated rings. The molecule has 0 aromatic carbocycles. The number of hydrogen-bond donors (Lipinski definition) is 2. The van der Waals surface area contributed by atoms with Crippen molar-refractivity contribution >= 4 is 11.9 Å². The Bertz CT molecular complexity index is 573. The van der Waals surface area contributed by atoms with Crippen molar-refractivity contribution in [3.05, 3.63) is 28.4 Å². The fourth-order valence-electron chi connectivity index (χ4n) is 2.69. The third-order valence-electron chi connectivity index (χ3n) is 3.66. The topological polar surface area (TPSA) is 103 Å². The smallest absolute Gasteiger partial charge is 0.326 e. The summed E-state index contributed by atoms with van der Waals surface area (Å²) in [6.45, 7) is 4.05. The molecule has 2 N–H and O–H groups in total. The summed E-state index contributed by atoms with van der Waals surface area (Å²) < 4.78 is 0. The van der Waals surface area contributed by atoms with Crippen molar-refractivity contribution in [1.29, 1.82) is 0 Å². The van der Waals surface area contributed by atoms with Crippen molar-refractivity contribution in [2.24, 2.45) is 5.41 Å². The van der Waals surface area contributed by atoms with E-state index >= 15 is 0 Å². The Balaban J connectivity index is 2.34. The molecule has 0 aliphatic carbocycles. The molecule has 2 heterocycles. The normalized spacial score (nSPS) is 21.5. The number of carboxylic acid groups (broad SMARTS) is 1. The summed E-state index contributed by atoms with van der Waals surface area (Å²) in [6, 6.07) is -0.891.